The van der Waals surface area contributed by atoms with E-state index in [9.17, 15) is 19.2 Å². The van der Waals surface area contributed by atoms with E-state index in [0.717, 1.165) is 4.68 Å². The number of carbonyl (C=O) groups is 2. The van der Waals surface area contributed by atoms with Crippen molar-refractivity contribution in [3.8, 4) is 17.5 Å². The zero-order valence-electron chi connectivity index (χ0n) is 13.5. The molecular formula is C17H16FN3O3. The molecular weight excluding hydrogens is 313 g/mol. The fraction of sp³-hybridized carbons (Fsp3) is 0.294. The number of ether oxygens (including phenoxy) is 1. The summed E-state index contributed by atoms with van der Waals surface area (Å²) >= 11 is 0. The second-order valence-corrected chi connectivity index (χ2v) is 5.32. The van der Waals surface area contributed by atoms with Gasteiger partial charge in [-0.15, -0.1) is 0 Å². The summed E-state index contributed by atoms with van der Waals surface area (Å²) in [7, 11) is 1.41. The number of carbonyl (C=O) groups excluding carboxylic acids is 2. The van der Waals surface area contributed by atoms with Gasteiger partial charge >= 0.3 is 0 Å². The number of rotatable bonds is 6. The highest BCUT2D eigenvalue weighted by molar-refractivity contribution is 6.00. The second-order valence-electron chi connectivity index (χ2n) is 5.32. The number of aldehydes is 1. The first-order chi connectivity index (χ1) is 11.4. The third-order valence-electron chi connectivity index (χ3n) is 3.69. The number of nitrogens with zero attached hydrogens (tertiary/aromatic N) is 3. The third-order valence-corrected chi connectivity index (χ3v) is 3.69. The molecule has 1 heterocycles. The van der Waals surface area contributed by atoms with Gasteiger partial charge in [0.25, 0.3) is 0 Å². The quantitative estimate of drug-likeness (QED) is 0.601. The van der Waals surface area contributed by atoms with Gasteiger partial charge in [-0.05, 0) is 19.1 Å². The van der Waals surface area contributed by atoms with Gasteiger partial charge in [-0.2, -0.15) is 10.4 Å². The molecule has 1 atom stereocenters. The standard InChI is InChI=1S/C17H16FN3O3/c1-10(6-7-22)17(23)16-13(9-19)11(2)20-21(16)15-5-4-12(24-3)8-14(15)18/h4-5,7-8,10H,6H2,1-3H3. The Kier molecular flexibility index (Phi) is 5.09. The lowest BCUT2D eigenvalue weighted by Crippen LogP contribution is -2.18. The molecule has 1 unspecified atom stereocenters. The Morgan fingerprint density at radius 2 is 2.25 bits per heavy atom. The van der Waals surface area contributed by atoms with E-state index in [4.69, 9.17) is 4.74 Å². The van der Waals surface area contributed by atoms with Crippen LogP contribution in [-0.2, 0) is 4.79 Å². The Hall–Kier alpha value is -3.01. The molecule has 0 amide bonds. The van der Waals surface area contributed by atoms with E-state index >= 15 is 0 Å². The maximum atomic E-state index is 14.4. The van der Waals surface area contributed by atoms with Crippen LogP contribution in [-0.4, -0.2) is 29.0 Å². The Morgan fingerprint density at radius 3 is 2.79 bits per heavy atom. The van der Waals surface area contributed by atoms with Gasteiger partial charge in [-0.1, -0.05) is 6.92 Å². The highest BCUT2D eigenvalue weighted by Gasteiger charge is 2.27. The molecule has 0 N–H and O–H groups in total. The first kappa shape index (κ1) is 17.3. The summed E-state index contributed by atoms with van der Waals surface area (Å²) in [5.41, 5.74) is 0.401. The minimum atomic E-state index is -0.640. The van der Waals surface area contributed by atoms with Gasteiger partial charge in [0, 0.05) is 18.4 Å². The van der Waals surface area contributed by atoms with Gasteiger partial charge in [0.05, 0.1) is 12.8 Å². The number of ketones is 1. The van der Waals surface area contributed by atoms with E-state index in [1.165, 1.54) is 25.3 Å². The lowest BCUT2D eigenvalue weighted by molar-refractivity contribution is -0.108. The summed E-state index contributed by atoms with van der Waals surface area (Å²) < 4.78 is 20.4. The number of hydrogen-bond acceptors (Lipinski definition) is 5. The van der Waals surface area contributed by atoms with Crippen LogP contribution in [0.2, 0.25) is 0 Å². The van der Waals surface area contributed by atoms with Gasteiger partial charge in [0.1, 0.15) is 35.0 Å². The van der Waals surface area contributed by atoms with Crippen molar-refractivity contribution in [3.05, 3.63) is 41.0 Å². The lowest BCUT2D eigenvalue weighted by Gasteiger charge is -2.12. The van der Waals surface area contributed by atoms with Gasteiger partial charge in [0.2, 0.25) is 0 Å². The fourth-order valence-corrected chi connectivity index (χ4v) is 2.33. The fourth-order valence-electron chi connectivity index (χ4n) is 2.33. The van der Waals surface area contributed by atoms with Crippen LogP contribution in [0.4, 0.5) is 4.39 Å². The first-order valence-electron chi connectivity index (χ1n) is 7.26. The molecule has 2 aromatic rings. The molecule has 0 aliphatic carbocycles. The Labute approximate surface area is 138 Å². The van der Waals surface area contributed by atoms with Crippen LogP contribution < -0.4 is 4.74 Å². The van der Waals surface area contributed by atoms with Crippen molar-refractivity contribution in [2.75, 3.05) is 7.11 Å². The predicted molar refractivity (Wildman–Crippen MR) is 83.7 cm³/mol. The molecule has 124 valence electrons. The van der Waals surface area contributed by atoms with E-state index < -0.39 is 17.5 Å². The van der Waals surface area contributed by atoms with Crippen LogP contribution in [0, 0.1) is 30.0 Å². The maximum Gasteiger partial charge on any atom is 0.185 e. The largest absolute Gasteiger partial charge is 0.497 e. The molecule has 0 saturated carbocycles. The Morgan fingerprint density at radius 1 is 1.54 bits per heavy atom. The molecule has 0 saturated heterocycles. The van der Waals surface area contributed by atoms with Crippen LogP contribution in [0.1, 0.15) is 35.1 Å². The molecule has 7 heteroatoms. The van der Waals surface area contributed by atoms with Crippen LogP contribution in [0.15, 0.2) is 18.2 Å². The molecule has 0 spiro atoms. The average molecular weight is 329 g/mol. The topological polar surface area (TPSA) is 85.0 Å². The molecule has 2 rings (SSSR count). The second kappa shape index (κ2) is 7.04. The number of benzene rings is 1. The number of hydrogen-bond donors (Lipinski definition) is 0. The maximum absolute atomic E-state index is 14.4. The number of aromatic nitrogens is 2. The lowest BCUT2D eigenvalue weighted by atomic mass is 9.98. The summed E-state index contributed by atoms with van der Waals surface area (Å²) in [6.45, 7) is 3.15. The molecule has 0 aliphatic rings. The number of Topliss-reactive ketones (excluding diaryl/α,β-unsaturated/α-hetero) is 1. The minimum absolute atomic E-state index is 0.0129. The van der Waals surface area contributed by atoms with Crippen molar-refractivity contribution in [2.45, 2.75) is 20.3 Å². The number of halogens is 1. The van der Waals surface area contributed by atoms with Crippen molar-refractivity contribution in [3.63, 3.8) is 0 Å². The molecule has 0 fully saturated rings. The Bertz CT molecular complexity index is 836. The SMILES string of the molecule is COc1ccc(-n2nc(C)c(C#N)c2C(=O)C(C)CC=O)c(F)c1. The van der Waals surface area contributed by atoms with E-state index in [0.29, 0.717) is 17.7 Å². The monoisotopic (exact) mass is 329 g/mol. The van der Waals surface area contributed by atoms with E-state index in [1.807, 2.05) is 6.07 Å². The molecule has 6 nitrogen and oxygen atoms in total. The van der Waals surface area contributed by atoms with Gasteiger partial charge in [0.15, 0.2) is 11.6 Å². The van der Waals surface area contributed by atoms with Crippen molar-refractivity contribution < 1.29 is 18.7 Å². The summed E-state index contributed by atoms with van der Waals surface area (Å²) in [6, 6.07) is 6.05. The first-order valence-corrected chi connectivity index (χ1v) is 7.26. The van der Waals surface area contributed by atoms with Gasteiger partial charge in [-0.25, -0.2) is 9.07 Å². The highest BCUT2D eigenvalue weighted by Crippen LogP contribution is 2.25. The summed E-state index contributed by atoms with van der Waals surface area (Å²) in [5, 5.41) is 13.5. The zero-order chi connectivity index (χ0) is 17.9. The van der Waals surface area contributed by atoms with Gasteiger partial charge < -0.3 is 9.53 Å². The summed E-state index contributed by atoms with van der Waals surface area (Å²) in [4.78, 5) is 23.3. The zero-order valence-corrected chi connectivity index (χ0v) is 13.5. The van der Waals surface area contributed by atoms with E-state index in [1.54, 1.807) is 13.8 Å². The molecule has 1 aromatic carbocycles. The van der Waals surface area contributed by atoms with Crippen molar-refractivity contribution >= 4 is 12.1 Å². The molecule has 0 bridgehead atoms. The molecule has 0 radical (unpaired) electrons. The summed E-state index contributed by atoms with van der Waals surface area (Å²) in [6.07, 6.45) is 0.648. The van der Waals surface area contributed by atoms with Crippen LogP contribution in [0.25, 0.3) is 5.69 Å². The molecule has 0 aliphatic heterocycles. The molecule has 24 heavy (non-hydrogen) atoms. The molecule has 1 aromatic heterocycles. The van der Waals surface area contributed by atoms with E-state index in [2.05, 4.69) is 5.10 Å². The van der Waals surface area contributed by atoms with Gasteiger partial charge in [-0.3, -0.25) is 4.79 Å². The smallest absolute Gasteiger partial charge is 0.185 e. The van der Waals surface area contributed by atoms with Crippen LogP contribution in [0.3, 0.4) is 0 Å². The minimum Gasteiger partial charge on any atom is -0.497 e. The van der Waals surface area contributed by atoms with Crippen LogP contribution in [0.5, 0.6) is 5.75 Å². The predicted octanol–water partition coefficient (Wildman–Crippen LogP) is 2.61. The van der Waals surface area contributed by atoms with Crippen molar-refractivity contribution in [1.29, 1.82) is 5.26 Å². The number of aryl methyl sites for hydroxylation is 1. The van der Waals surface area contributed by atoms with Crippen LogP contribution >= 0.6 is 0 Å². The normalized spacial score (nSPS) is 11.6. The summed E-state index contributed by atoms with van der Waals surface area (Å²) in [5.74, 6) is -1.39. The number of nitriles is 1. The Balaban J connectivity index is 2.66. The average Bonchev–Trinajstić information content (AvgIpc) is 2.90. The van der Waals surface area contributed by atoms with E-state index in [-0.39, 0.29) is 23.4 Å². The van der Waals surface area contributed by atoms with Crippen molar-refractivity contribution in [2.24, 2.45) is 5.92 Å². The van der Waals surface area contributed by atoms with Crippen molar-refractivity contribution in [1.82, 2.24) is 9.78 Å². The highest BCUT2D eigenvalue weighted by atomic mass is 19.1. The number of methoxy groups -OCH3 is 1. The third kappa shape index (κ3) is 3.04.